The van der Waals surface area contributed by atoms with Crippen molar-refractivity contribution in [2.45, 2.75) is 43.6 Å². The summed E-state index contributed by atoms with van der Waals surface area (Å²) in [6.07, 6.45) is 0. The van der Waals surface area contributed by atoms with Crippen LogP contribution in [0, 0.1) is 0 Å². The minimum atomic E-state index is -0.279. The number of rotatable bonds is 8. The summed E-state index contributed by atoms with van der Waals surface area (Å²) >= 11 is 1.47. The van der Waals surface area contributed by atoms with Gasteiger partial charge in [-0.05, 0) is 36.6 Å². The highest BCUT2D eigenvalue weighted by molar-refractivity contribution is 8.00. The number of nitrogens with zero attached hydrogens (tertiary/aromatic N) is 2. The molecule has 1 N–H and O–H groups in total. The zero-order valence-corrected chi connectivity index (χ0v) is 17.6. The predicted molar refractivity (Wildman–Crippen MR) is 116 cm³/mol. The molecular weight excluding hydrogens is 370 g/mol. The molecule has 1 atom stereocenters. The molecule has 6 heteroatoms. The van der Waals surface area contributed by atoms with Crippen LogP contribution in [0.15, 0.2) is 53.7 Å². The second-order valence-electron chi connectivity index (χ2n) is 7.02. The molecule has 1 amide bonds. The van der Waals surface area contributed by atoms with Gasteiger partial charge < -0.3 is 14.6 Å². The summed E-state index contributed by atoms with van der Waals surface area (Å²) in [5, 5.41) is 3.64. The monoisotopic (exact) mass is 397 g/mol. The fraction of sp³-hybridized carbons (Fsp3) is 0.364. The number of benzene rings is 2. The average molecular weight is 398 g/mol. The number of hydrogen-bond acceptors (Lipinski definition) is 4. The highest BCUT2D eigenvalue weighted by atomic mass is 32.2. The molecule has 3 aromatic rings. The van der Waals surface area contributed by atoms with E-state index in [9.17, 15) is 4.79 Å². The molecule has 1 heterocycles. The largest absolute Gasteiger partial charge is 0.383 e. The average Bonchev–Trinajstić information content (AvgIpc) is 3.03. The lowest BCUT2D eigenvalue weighted by molar-refractivity contribution is -0.115. The third-order valence-corrected chi connectivity index (χ3v) is 5.72. The molecule has 0 aliphatic carbocycles. The number of methoxy groups -OCH3 is 1. The number of carbonyl (C=O) groups excluding carboxylic acids is 1. The van der Waals surface area contributed by atoms with Gasteiger partial charge in [-0.25, -0.2) is 4.98 Å². The molecule has 0 spiro atoms. The lowest BCUT2D eigenvalue weighted by Crippen LogP contribution is -2.23. The fourth-order valence-electron chi connectivity index (χ4n) is 3.10. The summed E-state index contributed by atoms with van der Waals surface area (Å²) in [4.78, 5) is 17.6. The highest BCUT2D eigenvalue weighted by Crippen LogP contribution is 2.29. The molecule has 0 aliphatic heterocycles. The number of imidazole rings is 1. The minimum absolute atomic E-state index is 0.0246. The third-order valence-electron chi connectivity index (χ3n) is 4.63. The molecule has 0 saturated heterocycles. The number of ether oxygens (including phenoxy) is 1. The first-order chi connectivity index (χ1) is 13.5. The second-order valence-corrected chi connectivity index (χ2v) is 8.33. The van der Waals surface area contributed by atoms with Crippen LogP contribution in [0.2, 0.25) is 0 Å². The standard InChI is InChI=1S/C22H27N3O2S/c1-15(2)17-9-5-6-10-18(17)23-21(26)16(3)28-22-24-19-11-7-8-12-20(19)25(22)13-14-27-4/h5-12,15-16H,13-14H2,1-4H3,(H,23,26). The number of amides is 1. The molecule has 0 fully saturated rings. The Bertz CT molecular complexity index is 952. The summed E-state index contributed by atoms with van der Waals surface area (Å²) in [6.45, 7) is 7.46. The number of anilines is 1. The summed E-state index contributed by atoms with van der Waals surface area (Å²) in [5.74, 6) is 0.321. The van der Waals surface area contributed by atoms with Crippen molar-refractivity contribution in [1.29, 1.82) is 0 Å². The number of hydrogen-bond donors (Lipinski definition) is 1. The van der Waals surface area contributed by atoms with Gasteiger partial charge in [-0.1, -0.05) is 55.9 Å². The van der Waals surface area contributed by atoms with Crippen LogP contribution in [-0.2, 0) is 16.1 Å². The zero-order chi connectivity index (χ0) is 20.1. The summed E-state index contributed by atoms with van der Waals surface area (Å²) in [7, 11) is 1.69. The highest BCUT2D eigenvalue weighted by Gasteiger charge is 2.20. The van der Waals surface area contributed by atoms with E-state index in [0.717, 1.165) is 27.4 Å². The Kier molecular flexibility index (Phi) is 6.75. The topological polar surface area (TPSA) is 56.1 Å². The van der Waals surface area contributed by atoms with Gasteiger partial charge in [0.05, 0.1) is 22.9 Å². The molecule has 28 heavy (non-hydrogen) atoms. The molecule has 0 aliphatic rings. The number of nitrogens with one attached hydrogen (secondary N) is 1. The van der Waals surface area contributed by atoms with Crippen molar-refractivity contribution in [3.05, 3.63) is 54.1 Å². The van der Waals surface area contributed by atoms with Crippen molar-refractivity contribution in [2.24, 2.45) is 0 Å². The van der Waals surface area contributed by atoms with Crippen LogP contribution in [0.25, 0.3) is 11.0 Å². The normalized spacial score (nSPS) is 12.5. The maximum atomic E-state index is 12.8. The maximum Gasteiger partial charge on any atom is 0.237 e. The van der Waals surface area contributed by atoms with E-state index in [0.29, 0.717) is 19.1 Å². The van der Waals surface area contributed by atoms with Crippen LogP contribution < -0.4 is 5.32 Å². The van der Waals surface area contributed by atoms with Crippen LogP contribution in [0.1, 0.15) is 32.3 Å². The van der Waals surface area contributed by atoms with Gasteiger partial charge >= 0.3 is 0 Å². The lowest BCUT2D eigenvalue weighted by Gasteiger charge is -2.16. The first-order valence-corrected chi connectivity index (χ1v) is 10.4. The van der Waals surface area contributed by atoms with Gasteiger partial charge in [0.2, 0.25) is 5.91 Å². The van der Waals surface area contributed by atoms with E-state index < -0.39 is 0 Å². The SMILES string of the molecule is COCCn1c(SC(C)C(=O)Nc2ccccc2C(C)C)nc2ccccc21. The Morgan fingerprint density at radius 2 is 1.86 bits per heavy atom. The van der Waals surface area contributed by atoms with Crippen LogP contribution in [-0.4, -0.2) is 34.4 Å². The van der Waals surface area contributed by atoms with Crippen molar-refractivity contribution in [1.82, 2.24) is 9.55 Å². The number of fused-ring (bicyclic) bond motifs is 1. The second kappa shape index (κ2) is 9.26. The predicted octanol–water partition coefficient (Wildman–Crippen LogP) is 4.93. The van der Waals surface area contributed by atoms with Gasteiger partial charge in [0.25, 0.3) is 0 Å². The van der Waals surface area contributed by atoms with Crippen LogP contribution in [0.4, 0.5) is 5.69 Å². The number of thioether (sulfide) groups is 1. The summed E-state index contributed by atoms with van der Waals surface area (Å²) in [6, 6.07) is 16.0. The molecule has 0 radical (unpaired) electrons. The van der Waals surface area contributed by atoms with E-state index >= 15 is 0 Å². The molecule has 3 rings (SSSR count). The van der Waals surface area contributed by atoms with Crippen molar-refractivity contribution in [3.63, 3.8) is 0 Å². The van der Waals surface area contributed by atoms with Crippen molar-refractivity contribution < 1.29 is 9.53 Å². The molecule has 2 aromatic carbocycles. The van der Waals surface area contributed by atoms with E-state index in [1.165, 1.54) is 11.8 Å². The number of carbonyl (C=O) groups is 1. The van der Waals surface area contributed by atoms with Crippen LogP contribution in [0.5, 0.6) is 0 Å². The zero-order valence-electron chi connectivity index (χ0n) is 16.8. The molecule has 1 unspecified atom stereocenters. The van der Waals surface area contributed by atoms with Gasteiger partial charge in [0.15, 0.2) is 5.16 Å². The van der Waals surface area contributed by atoms with Crippen molar-refractivity contribution >= 4 is 34.4 Å². The molecule has 5 nitrogen and oxygen atoms in total. The van der Waals surface area contributed by atoms with E-state index in [1.54, 1.807) is 7.11 Å². The van der Waals surface area contributed by atoms with Crippen LogP contribution in [0.3, 0.4) is 0 Å². The van der Waals surface area contributed by atoms with E-state index in [2.05, 4.69) is 29.8 Å². The Morgan fingerprint density at radius 1 is 1.14 bits per heavy atom. The smallest absolute Gasteiger partial charge is 0.237 e. The van der Waals surface area contributed by atoms with Gasteiger partial charge in [-0.3, -0.25) is 4.79 Å². The number of para-hydroxylation sites is 3. The molecule has 148 valence electrons. The van der Waals surface area contributed by atoms with Crippen LogP contribution >= 0.6 is 11.8 Å². The van der Waals surface area contributed by atoms with E-state index in [-0.39, 0.29) is 11.2 Å². The first kappa shape index (κ1) is 20.4. The third kappa shape index (κ3) is 4.56. The van der Waals surface area contributed by atoms with Crippen molar-refractivity contribution in [2.75, 3.05) is 19.0 Å². The van der Waals surface area contributed by atoms with Gasteiger partial charge in [0.1, 0.15) is 0 Å². The molecule has 0 saturated carbocycles. The molecule has 1 aromatic heterocycles. The quantitative estimate of drug-likeness (QED) is 0.548. The maximum absolute atomic E-state index is 12.8. The Labute approximate surface area is 170 Å². The number of aromatic nitrogens is 2. The van der Waals surface area contributed by atoms with E-state index in [1.807, 2.05) is 49.4 Å². The first-order valence-electron chi connectivity index (χ1n) is 9.52. The van der Waals surface area contributed by atoms with Gasteiger partial charge in [0, 0.05) is 19.3 Å². The summed E-state index contributed by atoms with van der Waals surface area (Å²) in [5.41, 5.74) is 4.00. The van der Waals surface area contributed by atoms with Crippen molar-refractivity contribution in [3.8, 4) is 0 Å². The Balaban J connectivity index is 1.79. The molecular formula is C22H27N3O2S. The fourth-order valence-corrected chi connectivity index (χ4v) is 4.05. The lowest BCUT2D eigenvalue weighted by atomic mass is 10.0. The Hall–Kier alpha value is -2.31. The summed E-state index contributed by atoms with van der Waals surface area (Å²) < 4.78 is 7.37. The van der Waals surface area contributed by atoms with Gasteiger partial charge in [-0.2, -0.15) is 0 Å². The minimum Gasteiger partial charge on any atom is -0.383 e. The molecule has 0 bridgehead atoms. The van der Waals surface area contributed by atoms with E-state index in [4.69, 9.17) is 9.72 Å². The Morgan fingerprint density at radius 3 is 2.61 bits per heavy atom. The van der Waals surface area contributed by atoms with Gasteiger partial charge in [-0.15, -0.1) is 0 Å².